The second-order valence-corrected chi connectivity index (χ2v) is 3.72. The summed E-state index contributed by atoms with van der Waals surface area (Å²) in [6.07, 6.45) is 3.13. The summed E-state index contributed by atoms with van der Waals surface area (Å²) in [4.78, 5) is 13.9. The molecular weight excluding hydrogens is 258 g/mol. The summed E-state index contributed by atoms with van der Waals surface area (Å²) in [5, 5.41) is 23.5. The minimum atomic E-state index is -0.481. The van der Waals surface area contributed by atoms with E-state index in [9.17, 15) is 10.1 Å². The molecule has 7 heteroatoms. The van der Waals surface area contributed by atoms with E-state index in [4.69, 9.17) is 5.26 Å². The van der Waals surface area contributed by atoms with Crippen molar-refractivity contribution in [3.05, 3.63) is 64.5 Å². The van der Waals surface area contributed by atoms with Gasteiger partial charge in [-0.2, -0.15) is 10.4 Å². The minimum Gasteiger partial charge on any atom is -0.277 e. The molecule has 0 bridgehead atoms. The first-order chi connectivity index (χ1) is 9.70. The predicted octanol–water partition coefficient (Wildman–Crippen LogP) is 2.33. The number of aromatic nitrogens is 1. The Balaban J connectivity index is 2.15. The maximum Gasteiger partial charge on any atom is 0.269 e. The Bertz CT molecular complexity index is 674. The number of rotatable bonds is 4. The topological polar surface area (TPSA) is 104 Å². The maximum atomic E-state index is 10.5. The highest BCUT2D eigenvalue weighted by molar-refractivity contribution is 6.11. The van der Waals surface area contributed by atoms with Gasteiger partial charge < -0.3 is 0 Å². The number of hydrogen-bond donors (Lipinski definition) is 1. The van der Waals surface area contributed by atoms with Crippen molar-refractivity contribution in [2.24, 2.45) is 5.10 Å². The molecule has 98 valence electrons. The van der Waals surface area contributed by atoms with Gasteiger partial charge in [-0.3, -0.25) is 20.5 Å². The summed E-state index contributed by atoms with van der Waals surface area (Å²) in [6.45, 7) is 0. The Morgan fingerprint density at radius 2 is 1.90 bits per heavy atom. The molecule has 1 heterocycles. The Morgan fingerprint density at radius 3 is 2.45 bits per heavy atom. The van der Waals surface area contributed by atoms with E-state index in [-0.39, 0.29) is 11.4 Å². The summed E-state index contributed by atoms with van der Waals surface area (Å²) in [5.74, 6) is 0. The molecule has 0 unspecified atom stereocenters. The molecule has 0 aliphatic carbocycles. The van der Waals surface area contributed by atoms with Crippen molar-refractivity contribution < 1.29 is 4.92 Å². The fourth-order valence-corrected chi connectivity index (χ4v) is 1.44. The van der Waals surface area contributed by atoms with Gasteiger partial charge in [0.15, 0.2) is 5.71 Å². The van der Waals surface area contributed by atoms with Gasteiger partial charge >= 0.3 is 0 Å². The van der Waals surface area contributed by atoms with Crippen molar-refractivity contribution in [2.75, 3.05) is 5.43 Å². The van der Waals surface area contributed by atoms with Crippen LogP contribution >= 0.6 is 0 Å². The second-order valence-electron chi connectivity index (χ2n) is 3.72. The number of hydrazone groups is 1. The van der Waals surface area contributed by atoms with Gasteiger partial charge in [-0.1, -0.05) is 0 Å². The van der Waals surface area contributed by atoms with E-state index in [1.165, 1.54) is 24.3 Å². The van der Waals surface area contributed by atoms with Gasteiger partial charge in [-0.25, -0.2) is 0 Å². The molecule has 0 fully saturated rings. The van der Waals surface area contributed by atoms with E-state index >= 15 is 0 Å². The van der Waals surface area contributed by atoms with E-state index in [0.717, 1.165) is 0 Å². The van der Waals surface area contributed by atoms with Crippen molar-refractivity contribution in [3.63, 3.8) is 0 Å². The van der Waals surface area contributed by atoms with Crippen molar-refractivity contribution in [2.45, 2.75) is 0 Å². The molecule has 7 nitrogen and oxygen atoms in total. The lowest BCUT2D eigenvalue weighted by Gasteiger charge is -2.01. The molecule has 2 rings (SSSR count). The van der Waals surface area contributed by atoms with Gasteiger partial charge in [-0.15, -0.1) is 0 Å². The van der Waals surface area contributed by atoms with Crippen LogP contribution < -0.4 is 5.43 Å². The van der Waals surface area contributed by atoms with Gasteiger partial charge in [0.2, 0.25) is 0 Å². The van der Waals surface area contributed by atoms with Crippen LogP contribution in [0.1, 0.15) is 5.56 Å². The molecule has 0 radical (unpaired) electrons. The van der Waals surface area contributed by atoms with Gasteiger partial charge in [0.05, 0.1) is 10.6 Å². The monoisotopic (exact) mass is 267 g/mol. The standard InChI is InChI=1S/C13H9N5O2/c14-9-13(10-5-7-15-8-6-10)17-16-11-1-3-12(4-2-11)18(19)20/h1-8,16H/b17-13+. The van der Waals surface area contributed by atoms with Gasteiger partial charge in [0, 0.05) is 30.1 Å². The molecule has 0 aliphatic heterocycles. The fraction of sp³-hybridized carbons (Fsp3) is 0. The summed E-state index contributed by atoms with van der Waals surface area (Å²) in [5.41, 5.74) is 4.07. The van der Waals surface area contributed by atoms with Crippen molar-refractivity contribution in [3.8, 4) is 6.07 Å². The van der Waals surface area contributed by atoms with Crippen molar-refractivity contribution >= 4 is 17.1 Å². The highest BCUT2D eigenvalue weighted by Gasteiger charge is 2.04. The van der Waals surface area contributed by atoms with E-state index in [2.05, 4.69) is 15.5 Å². The Hall–Kier alpha value is -3.27. The number of nitro groups is 1. The number of hydrogen-bond acceptors (Lipinski definition) is 6. The SMILES string of the molecule is N#C/C(=N\Nc1ccc([N+](=O)[O-])cc1)c1ccncc1. The first kappa shape index (κ1) is 13.2. The number of anilines is 1. The van der Waals surface area contributed by atoms with Gasteiger partial charge in [-0.05, 0) is 24.3 Å². The highest BCUT2D eigenvalue weighted by Crippen LogP contribution is 2.15. The zero-order valence-corrected chi connectivity index (χ0v) is 10.2. The zero-order chi connectivity index (χ0) is 14.4. The molecule has 20 heavy (non-hydrogen) atoms. The highest BCUT2D eigenvalue weighted by atomic mass is 16.6. The van der Waals surface area contributed by atoms with Crippen LogP contribution in [-0.2, 0) is 0 Å². The number of nitro benzene ring substituents is 1. The molecular formula is C13H9N5O2. The van der Waals surface area contributed by atoms with Crippen LogP contribution in [0.5, 0.6) is 0 Å². The van der Waals surface area contributed by atoms with Gasteiger partial charge in [0.25, 0.3) is 5.69 Å². The number of non-ortho nitro benzene ring substituents is 1. The molecule has 0 spiro atoms. The summed E-state index contributed by atoms with van der Waals surface area (Å²) in [6, 6.07) is 11.1. The Labute approximate surface area is 114 Å². The average molecular weight is 267 g/mol. The van der Waals surface area contributed by atoms with Crippen molar-refractivity contribution in [1.29, 1.82) is 5.26 Å². The molecule has 0 aliphatic rings. The maximum absolute atomic E-state index is 10.5. The number of nitriles is 1. The third-order valence-electron chi connectivity index (χ3n) is 2.43. The molecule has 0 saturated heterocycles. The van der Waals surface area contributed by atoms with Crippen LogP contribution in [0, 0.1) is 21.4 Å². The third kappa shape index (κ3) is 3.14. The molecule has 0 saturated carbocycles. The van der Waals surface area contributed by atoms with E-state index in [1.807, 2.05) is 6.07 Å². The predicted molar refractivity (Wildman–Crippen MR) is 73.1 cm³/mol. The first-order valence-corrected chi connectivity index (χ1v) is 5.59. The van der Waals surface area contributed by atoms with Crippen LogP contribution in [0.2, 0.25) is 0 Å². The fourth-order valence-electron chi connectivity index (χ4n) is 1.44. The van der Waals surface area contributed by atoms with Crippen LogP contribution in [-0.4, -0.2) is 15.6 Å². The molecule has 1 N–H and O–H groups in total. The third-order valence-corrected chi connectivity index (χ3v) is 2.43. The molecule has 1 aromatic heterocycles. The molecule has 0 atom stereocenters. The summed E-state index contributed by atoms with van der Waals surface area (Å²) >= 11 is 0. The second kappa shape index (κ2) is 6.06. The minimum absolute atomic E-state index is 0.00540. The first-order valence-electron chi connectivity index (χ1n) is 5.59. The number of pyridine rings is 1. The summed E-state index contributed by atoms with van der Waals surface area (Å²) in [7, 11) is 0. The average Bonchev–Trinajstić information content (AvgIpc) is 2.49. The van der Waals surface area contributed by atoms with Crippen LogP contribution in [0.4, 0.5) is 11.4 Å². The lowest BCUT2D eigenvalue weighted by molar-refractivity contribution is -0.384. The number of nitrogens with one attached hydrogen (secondary N) is 1. The number of nitrogens with zero attached hydrogens (tertiary/aromatic N) is 4. The van der Waals surface area contributed by atoms with Crippen LogP contribution in [0.25, 0.3) is 0 Å². The normalized spacial score (nSPS) is 10.7. The molecule has 2 aromatic rings. The summed E-state index contributed by atoms with van der Waals surface area (Å²) < 4.78 is 0. The Morgan fingerprint density at radius 1 is 1.25 bits per heavy atom. The molecule has 0 amide bonds. The number of benzene rings is 1. The van der Waals surface area contributed by atoms with Crippen LogP contribution in [0.15, 0.2) is 53.9 Å². The van der Waals surface area contributed by atoms with E-state index in [1.54, 1.807) is 24.5 Å². The Kier molecular flexibility index (Phi) is 3.99. The molecule has 1 aromatic carbocycles. The lowest BCUT2D eigenvalue weighted by Crippen LogP contribution is -2.01. The van der Waals surface area contributed by atoms with E-state index < -0.39 is 4.92 Å². The zero-order valence-electron chi connectivity index (χ0n) is 10.2. The lowest BCUT2D eigenvalue weighted by atomic mass is 10.2. The quantitative estimate of drug-likeness (QED) is 0.520. The smallest absolute Gasteiger partial charge is 0.269 e. The van der Waals surface area contributed by atoms with Crippen molar-refractivity contribution in [1.82, 2.24) is 4.98 Å². The largest absolute Gasteiger partial charge is 0.277 e. The van der Waals surface area contributed by atoms with Gasteiger partial charge in [0.1, 0.15) is 6.07 Å². The van der Waals surface area contributed by atoms with Crippen LogP contribution in [0.3, 0.4) is 0 Å². The van der Waals surface area contributed by atoms with E-state index in [0.29, 0.717) is 11.3 Å².